The molecule has 0 aliphatic carbocycles. The summed E-state index contributed by atoms with van der Waals surface area (Å²) in [6.45, 7) is 6.67. The van der Waals surface area contributed by atoms with E-state index in [1.807, 2.05) is 18.5 Å². The molecule has 76 valence electrons. The van der Waals surface area contributed by atoms with E-state index in [1.165, 1.54) is 5.56 Å². The molecule has 0 radical (unpaired) electrons. The van der Waals surface area contributed by atoms with Crippen LogP contribution in [0.4, 0.5) is 0 Å². The summed E-state index contributed by atoms with van der Waals surface area (Å²) in [5.74, 6) is 0. The summed E-state index contributed by atoms with van der Waals surface area (Å²) in [6.07, 6.45) is 0. The zero-order chi connectivity index (χ0) is 10.7. The first-order chi connectivity index (χ1) is 6.60. The van der Waals surface area contributed by atoms with Crippen LogP contribution in [0.15, 0.2) is 0 Å². The minimum absolute atomic E-state index is 0.174. The largest absolute Gasteiger partial charge is 0.303 e. The van der Waals surface area contributed by atoms with Crippen molar-refractivity contribution in [3.8, 4) is 6.07 Å². The summed E-state index contributed by atoms with van der Waals surface area (Å²) in [4.78, 5) is 0. The number of likely N-dealkylation sites (N-methyl/N-ethyl adjacent to an activating group) is 1. The highest BCUT2D eigenvalue weighted by atomic mass is 15.3. The van der Waals surface area contributed by atoms with Gasteiger partial charge in [-0.2, -0.15) is 10.4 Å². The van der Waals surface area contributed by atoms with Crippen molar-refractivity contribution in [3.63, 3.8) is 0 Å². The van der Waals surface area contributed by atoms with E-state index >= 15 is 0 Å². The lowest BCUT2D eigenvalue weighted by molar-refractivity contribution is 0.510. The van der Waals surface area contributed by atoms with Gasteiger partial charge in [0.1, 0.15) is 6.04 Å². The summed E-state index contributed by atoms with van der Waals surface area (Å²) in [7, 11) is 1.78. The molecule has 0 fully saturated rings. The maximum Gasteiger partial charge on any atom is 0.115 e. The molecule has 4 nitrogen and oxygen atoms in total. The van der Waals surface area contributed by atoms with Crippen LogP contribution in [0, 0.1) is 32.1 Å². The van der Waals surface area contributed by atoms with Crippen LogP contribution < -0.4 is 5.32 Å². The van der Waals surface area contributed by atoms with Gasteiger partial charge in [0.25, 0.3) is 0 Å². The molecule has 1 aromatic heterocycles. The maximum absolute atomic E-state index is 8.80. The van der Waals surface area contributed by atoms with E-state index in [0.717, 1.165) is 11.4 Å². The van der Waals surface area contributed by atoms with Gasteiger partial charge in [-0.1, -0.05) is 0 Å². The van der Waals surface area contributed by atoms with Gasteiger partial charge in [0.05, 0.1) is 18.3 Å². The van der Waals surface area contributed by atoms with Crippen molar-refractivity contribution in [1.29, 1.82) is 5.26 Å². The highest BCUT2D eigenvalue weighted by Crippen LogP contribution is 2.10. The Balaban J connectivity index is 2.88. The molecule has 1 unspecified atom stereocenters. The van der Waals surface area contributed by atoms with Crippen LogP contribution in [0.2, 0.25) is 0 Å². The fourth-order valence-electron chi connectivity index (χ4n) is 1.33. The van der Waals surface area contributed by atoms with Gasteiger partial charge in [-0.15, -0.1) is 0 Å². The zero-order valence-electron chi connectivity index (χ0n) is 9.13. The predicted molar refractivity (Wildman–Crippen MR) is 54.9 cm³/mol. The Labute approximate surface area is 84.5 Å². The second-order valence-corrected chi connectivity index (χ2v) is 3.45. The lowest BCUT2D eigenvalue weighted by atomic mass is 10.2. The van der Waals surface area contributed by atoms with Gasteiger partial charge in [0.2, 0.25) is 0 Å². The van der Waals surface area contributed by atoms with Crippen LogP contribution in [0.5, 0.6) is 0 Å². The van der Waals surface area contributed by atoms with Gasteiger partial charge in [-0.3, -0.25) is 4.68 Å². The average Bonchev–Trinajstić information content (AvgIpc) is 2.42. The van der Waals surface area contributed by atoms with E-state index < -0.39 is 0 Å². The lowest BCUT2D eigenvalue weighted by Gasteiger charge is -2.09. The van der Waals surface area contributed by atoms with E-state index in [0.29, 0.717) is 6.54 Å². The second-order valence-electron chi connectivity index (χ2n) is 3.45. The number of rotatable bonds is 3. The van der Waals surface area contributed by atoms with Crippen LogP contribution in [0.3, 0.4) is 0 Å². The average molecular weight is 192 g/mol. The van der Waals surface area contributed by atoms with E-state index in [9.17, 15) is 0 Å². The quantitative estimate of drug-likeness (QED) is 0.774. The van der Waals surface area contributed by atoms with Crippen molar-refractivity contribution >= 4 is 0 Å². The number of aryl methyl sites for hydroxylation is 1. The summed E-state index contributed by atoms with van der Waals surface area (Å²) >= 11 is 0. The van der Waals surface area contributed by atoms with Crippen LogP contribution in [-0.2, 0) is 6.54 Å². The van der Waals surface area contributed by atoms with Crippen LogP contribution >= 0.6 is 0 Å². The Hall–Kier alpha value is -1.34. The third-order valence-electron chi connectivity index (χ3n) is 2.60. The normalized spacial score (nSPS) is 12.5. The van der Waals surface area contributed by atoms with Crippen molar-refractivity contribution in [2.45, 2.75) is 33.4 Å². The number of aromatic nitrogens is 2. The number of nitrogens with zero attached hydrogens (tertiary/aromatic N) is 3. The Morgan fingerprint density at radius 3 is 2.50 bits per heavy atom. The maximum atomic E-state index is 8.80. The van der Waals surface area contributed by atoms with Gasteiger partial charge in [-0.05, 0) is 33.4 Å². The van der Waals surface area contributed by atoms with Gasteiger partial charge < -0.3 is 5.32 Å². The molecular formula is C10H16N4. The first kappa shape index (κ1) is 10.7. The Morgan fingerprint density at radius 1 is 1.50 bits per heavy atom. The van der Waals surface area contributed by atoms with Gasteiger partial charge in [0.15, 0.2) is 0 Å². The number of nitrogens with one attached hydrogen (secondary N) is 1. The van der Waals surface area contributed by atoms with Gasteiger partial charge >= 0.3 is 0 Å². The second kappa shape index (κ2) is 4.25. The lowest BCUT2D eigenvalue weighted by Crippen LogP contribution is -2.29. The standard InChI is InChI=1S/C10H16N4/c1-7-8(2)13-14(9(7)3)6-10(5-11)12-4/h10,12H,6H2,1-4H3. The highest BCUT2D eigenvalue weighted by Gasteiger charge is 2.11. The molecule has 14 heavy (non-hydrogen) atoms. The van der Waals surface area contributed by atoms with Gasteiger partial charge in [-0.25, -0.2) is 0 Å². The van der Waals surface area contributed by atoms with Crippen molar-refractivity contribution < 1.29 is 0 Å². The molecule has 1 aromatic rings. The monoisotopic (exact) mass is 192 g/mol. The van der Waals surface area contributed by atoms with E-state index in [-0.39, 0.29) is 6.04 Å². The van der Waals surface area contributed by atoms with E-state index in [4.69, 9.17) is 5.26 Å². The minimum atomic E-state index is -0.174. The fraction of sp³-hybridized carbons (Fsp3) is 0.600. The molecule has 0 saturated heterocycles. The Morgan fingerprint density at radius 2 is 2.14 bits per heavy atom. The third-order valence-corrected chi connectivity index (χ3v) is 2.60. The fourth-order valence-corrected chi connectivity index (χ4v) is 1.33. The van der Waals surface area contributed by atoms with Crippen molar-refractivity contribution in [3.05, 3.63) is 17.0 Å². The zero-order valence-corrected chi connectivity index (χ0v) is 9.13. The van der Waals surface area contributed by atoms with E-state index in [1.54, 1.807) is 7.05 Å². The third kappa shape index (κ3) is 1.94. The molecule has 1 atom stereocenters. The molecular weight excluding hydrogens is 176 g/mol. The molecule has 0 aromatic carbocycles. The number of hydrogen-bond acceptors (Lipinski definition) is 3. The molecule has 1 heterocycles. The summed E-state index contributed by atoms with van der Waals surface area (Å²) < 4.78 is 1.88. The number of hydrogen-bond donors (Lipinski definition) is 1. The van der Waals surface area contributed by atoms with Crippen molar-refractivity contribution in [2.24, 2.45) is 0 Å². The Bertz CT molecular complexity index is 359. The first-order valence-corrected chi connectivity index (χ1v) is 4.67. The molecule has 0 aliphatic rings. The van der Waals surface area contributed by atoms with Gasteiger partial charge in [0, 0.05) is 5.69 Å². The molecule has 1 N–H and O–H groups in total. The molecule has 4 heteroatoms. The summed E-state index contributed by atoms with van der Waals surface area (Å²) in [5.41, 5.74) is 3.38. The summed E-state index contributed by atoms with van der Waals surface area (Å²) in [5, 5.41) is 16.1. The highest BCUT2D eigenvalue weighted by molar-refractivity contribution is 5.22. The molecule has 0 saturated carbocycles. The Kier molecular flexibility index (Phi) is 3.26. The van der Waals surface area contributed by atoms with Crippen LogP contribution in [-0.4, -0.2) is 22.9 Å². The topological polar surface area (TPSA) is 53.6 Å². The SMILES string of the molecule is CNC(C#N)Cn1nc(C)c(C)c1C. The molecule has 0 amide bonds. The predicted octanol–water partition coefficient (Wildman–Crippen LogP) is 0.920. The number of nitriles is 1. The minimum Gasteiger partial charge on any atom is -0.303 e. The van der Waals surface area contributed by atoms with E-state index in [2.05, 4.69) is 23.4 Å². The van der Waals surface area contributed by atoms with Crippen LogP contribution in [0.25, 0.3) is 0 Å². The molecule has 0 bridgehead atoms. The molecule has 0 aliphatic heterocycles. The van der Waals surface area contributed by atoms with Crippen LogP contribution in [0.1, 0.15) is 17.0 Å². The first-order valence-electron chi connectivity index (χ1n) is 4.67. The smallest absolute Gasteiger partial charge is 0.115 e. The molecule has 0 spiro atoms. The van der Waals surface area contributed by atoms with Crippen molar-refractivity contribution in [1.82, 2.24) is 15.1 Å². The van der Waals surface area contributed by atoms with Crippen molar-refractivity contribution in [2.75, 3.05) is 7.05 Å². The molecule has 1 rings (SSSR count). The summed E-state index contributed by atoms with van der Waals surface area (Å²) in [6, 6.07) is 2.01.